The molecule has 0 bridgehead atoms. The van der Waals surface area contributed by atoms with Crippen molar-refractivity contribution in [1.29, 1.82) is 0 Å². The quantitative estimate of drug-likeness (QED) is 0.488. The van der Waals surface area contributed by atoms with Crippen LogP contribution >= 0.6 is 0 Å². The molecule has 168 valence electrons. The van der Waals surface area contributed by atoms with Crippen molar-refractivity contribution in [1.82, 2.24) is 9.97 Å². The Morgan fingerprint density at radius 2 is 1.62 bits per heavy atom. The van der Waals surface area contributed by atoms with Gasteiger partial charge in [-0.1, -0.05) is 12.1 Å². The van der Waals surface area contributed by atoms with E-state index in [4.69, 9.17) is 9.47 Å². The average molecular weight is 436 g/mol. The summed E-state index contributed by atoms with van der Waals surface area (Å²) in [5.41, 5.74) is 2.38. The number of hydrogen-bond acceptors (Lipinski definition) is 7. The van der Waals surface area contributed by atoms with Crippen LogP contribution in [0.25, 0.3) is 0 Å². The number of nitrogens with one attached hydrogen (secondary N) is 2. The van der Waals surface area contributed by atoms with Gasteiger partial charge in [-0.2, -0.15) is 4.98 Å². The highest BCUT2D eigenvalue weighted by atomic mass is 16.5. The Labute approximate surface area is 188 Å². The fourth-order valence-corrected chi connectivity index (χ4v) is 3.16. The van der Waals surface area contributed by atoms with Crippen molar-refractivity contribution in [2.75, 3.05) is 42.3 Å². The Morgan fingerprint density at radius 3 is 2.28 bits per heavy atom. The zero-order valence-electron chi connectivity index (χ0n) is 18.9. The van der Waals surface area contributed by atoms with Crippen molar-refractivity contribution in [3.05, 3.63) is 60.3 Å². The second-order valence-electron chi connectivity index (χ2n) is 7.05. The maximum absolute atomic E-state index is 12.2. The predicted molar refractivity (Wildman–Crippen MR) is 127 cm³/mol. The summed E-state index contributed by atoms with van der Waals surface area (Å²) < 4.78 is 10.8. The summed E-state index contributed by atoms with van der Waals surface area (Å²) in [6.45, 7) is 7.78. The van der Waals surface area contributed by atoms with Crippen LogP contribution in [0.2, 0.25) is 0 Å². The van der Waals surface area contributed by atoms with Crippen LogP contribution in [0.15, 0.2) is 54.6 Å². The molecule has 2 aromatic carbocycles. The Hall–Kier alpha value is -3.81. The lowest BCUT2D eigenvalue weighted by atomic mass is 10.2. The predicted octanol–water partition coefficient (Wildman–Crippen LogP) is 4.40. The number of ether oxygens (including phenoxy) is 2. The van der Waals surface area contributed by atoms with Gasteiger partial charge in [0.1, 0.15) is 5.82 Å². The van der Waals surface area contributed by atoms with Crippen LogP contribution in [0.3, 0.4) is 0 Å². The molecule has 0 saturated carbocycles. The third kappa shape index (κ3) is 6.10. The fraction of sp³-hybridized carbons (Fsp3) is 0.292. The minimum atomic E-state index is -0.262. The first-order chi connectivity index (χ1) is 15.5. The summed E-state index contributed by atoms with van der Waals surface area (Å²) in [6.07, 6.45) is 0. The number of methoxy groups -OCH3 is 1. The molecule has 1 aromatic heterocycles. The topological polar surface area (TPSA) is 88.6 Å². The molecule has 32 heavy (non-hydrogen) atoms. The molecule has 0 atom stereocenters. The Kier molecular flexibility index (Phi) is 7.85. The van der Waals surface area contributed by atoms with Crippen molar-refractivity contribution < 1.29 is 14.3 Å². The van der Waals surface area contributed by atoms with E-state index in [1.54, 1.807) is 19.2 Å². The monoisotopic (exact) mass is 435 g/mol. The van der Waals surface area contributed by atoms with E-state index in [1.807, 2.05) is 49.4 Å². The van der Waals surface area contributed by atoms with Gasteiger partial charge in [0, 0.05) is 36.2 Å². The van der Waals surface area contributed by atoms with Crippen LogP contribution in [0, 0.1) is 6.92 Å². The van der Waals surface area contributed by atoms with Crippen molar-refractivity contribution in [3.63, 3.8) is 0 Å². The third-order valence-corrected chi connectivity index (χ3v) is 4.78. The molecule has 2 N–H and O–H groups in total. The molecule has 1 heterocycles. The van der Waals surface area contributed by atoms with E-state index in [9.17, 15) is 4.79 Å². The summed E-state index contributed by atoms with van der Waals surface area (Å²) in [7, 11) is 1.56. The maximum atomic E-state index is 12.2. The number of nitrogens with zero attached hydrogens (tertiary/aromatic N) is 3. The van der Waals surface area contributed by atoms with Crippen LogP contribution in [0.4, 0.5) is 23.1 Å². The minimum Gasteiger partial charge on any atom is -0.493 e. The molecular weight excluding hydrogens is 406 g/mol. The molecule has 0 fully saturated rings. The van der Waals surface area contributed by atoms with E-state index in [1.165, 1.54) is 0 Å². The van der Waals surface area contributed by atoms with Crippen molar-refractivity contribution in [2.24, 2.45) is 0 Å². The number of carbonyl (C=O) groups excluding carboxylic acids is 1. The van der Waals surface area contributed by atoms with E-state index in [0.717, 1.165) is 30.3 Å². The van der Waals surface area contributed by atoms with Crippen molar-refractivity contribution in [3.8, 4) is 11.5 Å². The molecule has 0 saturated heterocycles. The molecule has 0 aliphatic carbocycles. The molecule has 0 unspecified atom stereocenters. The van der Waals surface area contributed by atoms with Gasteiger partial charge in [-0.05, 0) is 57.2 Å². The van der Waals surface area contributed by atoms with E-state index in [0.29, 0.717) is 23.1 Å². The van der Waals surface area contributed by atoms with Crippen LogP contribution in [-0.4, -0.2) is 42.7 Å². The van der Waals surface area contributed by atoms with E-state index >= 15 is 0 Å². The second-order valence-corrected chi connectivity index (χ2v) is 7.05. The van der Waals surface area contributed by atoms with Crippen LogP contribution in [0.1, 0.15) is 19.5 Å². The molecule has 1 amide bonds. The normalized spacial score (nSPS) is 10.4. The Bertz CT molecular complexity index is 1040. The van der Waals surface area contributed by atoms with Gasteiger partial charge in [0.05, 0.1) is 7.11 Å². The number of para-hydroxylation sites is 2. The van der Waals surface area contributed by atoms with Crippen molar-refractivity contribution >= 4 is 29.0 Å². The SMILES string of the molecule is CCN(CC)c1cc(C)nc(Nc2ccc(NC(=O)COc3ccccc3OC)cc2)n1. The van der Waals surface area contributed by atoms with Gasteiger partial charge >= 0.3 is 0 Å². The average Bonchev–Trinajstić information content (AvgIpc) is 2.79. The van der Waals surface area contributed by atoms with Crippen LogP contribution in [0.5, 0.6) is 11.5 Å². The molecular formula is C24H29N5O3. The highest BCUT2D eigenvalue weighted by Gasteiger charge is 2.09. The van der Waals surface area contributed by atoms with Gasteiger partial charge in [-0.25, -0.2) is 4.98 Å². The zero-order valence-corrected chi connectivity index (χ0v) is 18.9. The first-order valence-corrected chi connectivity index (χ1v) is 10.6. The molecule has 8 nitrogen and oxygen atoms in total. The van der Waals surface area contributed by atoms with E-state index in [-0.39, 0.29) is 12.5 Å². The highest BCUT2D eigenvalue weighted by Crippen LogP contribution is 2.25. The number of hydrogen-bond donors (Lipinski definition) is 2. The summed E-state index contributed by atoms with van der Waals surface area (Å²) in [4.78, 5) is 23.5. The maximum Gasteiger partial charge on any atom is 0.262 e. The first-order valence-electron chi connectivity index (χ1n) is 10.6. The molecule has 0 radical (unpaired) electrons. The lowest BCUT2D eigenvalue weighted by Gasteiger charge is -2.20. The third-order valence-electron chi connectivity index (χ3n) is 4.78. The number of aryl methyl sites for hydroxylation is 1. The van der Waals surface area contributed by atoms with Gasteiger partial charge in [0.25, 0.3) is 5.91 Å². The fourth-order valence-electron chi connectivity index (χ4n) is 3.16. The van der Waals surface area contributed by atoms with Gasteiger partial charge in [-0.3, -0.25) is 4.79 Å². The summed E-state index contributed by atoms with van der Waals surface area (Å²) in [6, 6.07) is 16.5. The summed E-state index contributed by atoms with van der Waals surface area (Å²) in [5.74, 6) is 2.27. The Morgan fingerprint density at radius 1 is 0.969 bits per heavy atom. The number of benzene rings is 2. The molecule has 8 heteroatoms. The van der Waals surface area contributed by atoms with E-state index in [2.05, 4.69) is 39.3 Å². The second kappa shape index (κ2) is 11.0. The summed E-state index contributed by atoms with van der Waals surface area (Å²) >= 11 is 0. The van der Waals surface area contributed by atoms with Gasteiger partial charge in [-0.15, -0.1) is 0 Å². The number of carbonyl (C=O) groups is 1. The largest absolute Gasteiger partial charge is 0.493 e. The smallest absolute Gasteiger partial charge is 0.262 e. The number of amides is 1. The Balaban J connectivity index is 1.59. The number of aromatic nitrogens is 2. The van der Waals surface area contributed by atoms with Gasteiger partial charge < -0.3 is 25.0 Å². The highest BCUT2D eigenvalue weighted by molar-refractivity contribution is 5.92. The lowest BCUT2D eigenvalue weighted by molar-refractivity contribution is -0.118. The molecule has 3 aromatic rings. The lowest BCUT2D eigenvalue weighted by Crippen LogP contribution is -2.23. The molecule has 3 rings (SSSR count). The van der Waals surface area contributed by atoms with Crippen LogP contribution in [-0.2, 0) is 4.79 Å². The standard InChI is InChI=1S/C24H29N5O3/c1-5-29(6-2)22-15-17(3)25-24(28-22)27-19-13-11-18(12-14-19)26-23(30)16-32-21-10-8-7-9-20(21)31-4/h7-15H,5-6,16H2,1-4H3,(H,26,30)(H,25,27,28). The molecule has 0 aliphatic heterocycles. The zero-order chi connectivity index (χ0) is 22.9. The van der Waals surface area contributed by atoms with Crippen molar-refractivity contribution in [2.45, 2.75) is 20.8 Å². The first kappa shape index (κ1) is 22.9. The van der Waals surface area contributed by atoms with Crippen LogP contribution < -0.4 is 25.0 Å². The summed E-state index contributed by atoms with van der Waals surface area (Å²) in [5, 5.41) is 6.05. The minimum absolute atomic E-state index is 0.119. The number of anilines is 4. The van der Waals surface area contributed by atoms with Gasteiger partial charge in [0.15, 0.2) is 18.1 Å². The molecule has 0 aliphatic rings. The van der Waals surface area contributed by atoms with Gasteiger partial charge in [0.2, 0.25) is 5.95 Å². The number of rotatable bonds is 10. The molecule has 0 spiro atoms. The van der Waals surface area contributed by atoms with E-state index < -0.39 is 0 Å².